The Hall–Kier alpha value is -4.75. The number of hydrogen-bond acceptors (Lipinski definition) is 9. The molecular formula is C35H37ClF6N10O3. The topological polar surface area (TPSA) is 158 Å². The highest BCUT2D eigenvalue weighted by molar-refractivity contribution is 6.32. The molecule has 294 valence electrons. The van der Waals surface area contributed by atoms with Crippen LogP contribution in [0.2, 0.25) is 5.02 Å². The third-order valence-electron chi connectivity index (χ3n) is 9.90. The molecular weight excluding hydrogens is 758 g/mol. The first-order valence-electron chi connectivity index (χ1n) is 17.4. The number of nitrogens with two attached hydrogens (primary N) is 1. The highest BCUT2D eigenvalue weighted by Gasteiger charge is 2.65. The number of aromatic nitrogens is 6. The van der Waals surface area contributed by atoms with Crippen LogP contribution in [0.1, 0.15) is 88.3 Å². The predicted molar refractivity (Wildman–Crippen MR) is 184 cm³/mol. The van der Waals surface area contributed by atoms with E-state index in [0.717, 1.165) is 28.8 Å². The summed E-state index contributed by atoms with van der Waals surface area (Å²) < 4.78 is 90.9. The molecule has 3 atom stereocenters. The number of benzene rings is 2. The predicted octanol–water partition coefficient (Wildman–Crippen LogP) is 6.46. The second kappa shape index (κ2) is 13.8. The number of hydrogen-bond donors (Lipinski definition) is 3. The standard InChI is InChI=1S/C35H37ClF6N10O3/c1-32(2,3)16-34(19-5-8-21(23(37)13-19)24-14-45-52(49-24)20-6-7-20)29(53)50(30(43)47-34)26(15-55-31(54)48-33(10-11-33)35(40,41)42)18-4-9-22(36)25(12-18)51-28(27(38)39)44-17-46-51/h4-5,8-9,12-14,17,20,26-27,30,47H,6-7,10-11,15-16,43H2,1-3H3,(H,48,54)/t26-,30?,34-/m1/s1. The van der Waals surface area contributed by atoms with Gasteiger partial charge in [0.1, 0.15) is 41.8 Å². The van der Waals surface area contributed by atoms with Crippen molar-refractivity contribution < 1.29 is 40.7 Å². The van der Waals surface area contributed by atoms with E-state index in [-0.39, 0.29) is 52.7 Å². The molecule has 4 aromatic rings. The molecule has 7 rings (SSSR count). The summed E-state index contributed by atoms with van der Waals surface area (Å²) in [4.78, 5) is 34.2. The van der Waals surface area contributed by atoms with Crippen molar-refractivity contribution in [2.24, 2.45) is 11.1 Å². The van der Waals surface area contributed by atoms with Gasteiger partial charge < -0.3 is 15.0 Å². The Morgan fingerprint density at radius 1 is 1.13 bits per heavy atom. The van der Waals surface area contributed by atoms with E-state index in [2.05, 4.69) is 25.6 Å². The lowest BCUT2D eigenvalue weighted by molar-refractivity contribution is -0.164. The quantitative estimate of drug-likeness (QED) is 0.145. The molecule has 2 aromatic heterocycles. The lowest BCUT2D eigenvalue weighted by atomic mass is 9.75. The molecule has 2 saturated carbocycles. The first kappa shape index (κ1) is 38.5. The van der Waals surface area contributed by atoms with Crippen molar-refractivity contribution in [3.63, 3.8) is 0 Å². The Morgan fingerprint density at radius 2 is 1.85 bits per heavy atom. The van der Waals surface area contributed by atoms with Gasteiger partial charge in [-0.1, -0.05) is 44.5 Å². The lowest BCUT2D eigenvalue weighted by Crippen LogP contribution is -2.50. The number of rotatable bonds is 11. The van der Waals surface area contributed by atoms with Crippen molar-refractivity contribution in [1.82, 2.24) is 45.3 Å². The zero-order valence-corrected chi connectivity index (χ0v) is 30.5. The normalized spacial score (nSPS) is 21.6. The minimum absolute atomic E-state index is 0.0422. The van der Waals surface area contributed by atoms with Gasteiger partial charge >= 0.3 is 12.3 Å². The minimum Gasteiger partial charge on any atom is -0.447 e. The fourth-order valence-corrected chi connectivity index (χ4v) is 7.18. The van der Waals surface area contributed by atoms with Gasteiger partial charge in [-0.3, -0.25) is 15.8 Å². The van der Waals surface area contributed by atoms with Gasteiger partial charge in [-0.2, -0.15) is 33.3 Å². The number of alkyl halides is 5. The molecule has 1 aliphatic heterocycles. The van der Waals surface area contributed by atoms with Gasteiger partial charge in [0.25, 0.3) is 12.3 Å². The highest BCUT2D eigenvalue weighted by Crippen LogP contribution is 2.49. The first-order valence-corrected chi connectivity index (χ1v) is 17.8. The smallest absolute Gasteiger partial charge is 0.411 e. The van der Waals surface area contributed by atoms with Crippen LogP contribution in [0, 0.1) is 11.2 Å². The molecule has 0 spiro atoms. The van der Waals surface area contributed by atoms with Crippen molar-refractivity contribution in [2.75, 3.05) is 6.61 Å². The van der Waals surface area contributed by atoms with Crippen LogP contribution in [-0.4, -0.2) is 71.3 Å². The zero-order valence-electron chi connectivity index (χ0n) is 29.7. The van der Waals surface area contributed by atoms with E-state index in [1.54, 1.807) is 6.07 Å². The Kier molecular flexibility index (Phi) is 9.64. The molecule has 2 aliphatic carbocycles. The zero-order chi connectivity index (χ0) is 39.7. The van der Waals surface area contributed by atoms with E-state index in [0.29, 0.717) is 5.69 Å². The van der Waals surface area contributed by atoms with Gasteiger partial charge in [-0.15, -0.1) is 0 Å². The van der Waals surface area contributed by atoms with Gasteiger partial charge in [0, 0.05) is 5.56 Å². The third kappa shape index (κ3) is 7.36. The second-order valence-electron chi connectivity index (χ2n) is 15.3. The van der Waals surface area contributed by atoms with Crippen molar-refractivity contribution in [2.45, 2.75) is 94.9 Å². The molecule has 20 heteroatoms. The van der Waals surface area contributed by atoms with Crippen molar-refractivity contribution >= 4 is 23.6 Å². The number of nitrogens with zero attached hydrogens (tertiary/aromatic N) is 7. The lowest BCUT2D eigenvalue weighted by Gasteiger charge is -2.35. The Balaban J connectivity index is 1.27. The van der Waals surface area contributed by atoms with Crippen molar-refractivity contribution in [1.29, 1.82) is 0 Å². The Morgan fingerprint density at radius 3 is 2.47 bits per heavy atom. The Labute approximate surface area is 315 Å². The average Bonchev–Trinajstić information content (AvgIpc) is 3.97. The summed E-state index contributed by atoms with van der Waals surface area (Å²) in [6, 6.07) is 7.14. The van der Waals surface area contributed by atoms with Gasteiger partial charge in [0.15, 0.2) is 5.82 Å². The van der Waals surface area contributed by atoms with Crippen LogP contribution < -0.4 is 16.4 Å². The largest absolute Gasteiger partial charge is 0.447 e. The SMILES string of the molecule is CC(C)(C)C[C@]1(c2ccc(-c3cnn(C4CC4)n3)c(F)c2)NC(N)N([C@H](COC(=O)NC2(C(F)(F)F)CC2)c2ccc(Cl)c(-n3ncnc3C(F)F)c2)C1=O. The molecule has 13 nitrogen and oxygen atoms in total. The molecule has 4 N–H and O–H groups in total. The number of amides is 2. The molecule has 55 heavy (non-hydrogen) atoms. The summed E-state index contributed by atoms with van der Waals surface area (Å²) in [5.74, 6) is -2.11. The van der Waals surface area contributed by atoms with Gasteiger partial charge in [0.2, 0.25) is 0 Å². The fourth-order valence-electron chi connectivity index (χ4n) is 6.98. The van der Waals surface area contributed by atoms with E-state index >= 15 is 4.39 Å². The maximum Gasteiger partial charge on any atom is 0.411 e. The van der Waals surface area contributed by atoms with Crippen LogP contribution in [0.15, 0.2) is 48.9 Å². The summed E-state index contributed by atoms with van der Waals surface area (Å²) in [5.41, 5.74) is 2.67. The molecule has 3 fully saturated rings. The molecule has 3 heterocycles. The molecule has 3 aliphatic rings. The molecule has 2 amide bonds. The van der Waals surface area contributed by atoms with Crippen LogP contribution in [0.25, 0.3) is 16.9 Å². The molecule has 0 radical (unpaired) electrons. The Bertz CT molecular complexity index is 2110. The summed E-state index contributed by atoms with van der Waals surface area (Å²) in [6.07, 6.45) is -6.95. The van der Waals surface area contributed by atoms with Crippen molar-refractivity contribution in [3.8, 4) is 16.9 Å². The maximum absolute atomic E-state index is 16.0. The number of nitrogens with one attached hydrogen (secondary N) is 2. The molecule has 1 saturated heterocycles. The summed E-state index contributed by atoms with van der Waals surface area (Å²) >= 11 is 6.43. The van der Waals surface area contributed by atoms with Gasteiger partial charge in [-0.05, 0) is 72.9 Å². The van der Waals surface area contributed by atoms with Crippen LogP contribution in [0.4, 0.5) is 31.1 Å². The number of halogens is 7. The van der Waals surface area contributed by atoms with E-state index in [1.807, 2.05) is 26.1 Å². The summed E-state index contributed by atoms with van der Waals surface area (Å²) in [6.45, 7) is 4.85. The van der Waals surface area contributed by atoms with Gasteiger partial charge in [-0.25, -0.2) is 27.6 Å². The molecule has 0 bridgehead atoms. The third-order valence-corrected chi connectivity index (χ3v) is 10.2. The fraction of sp³-hybridized carbons (Fsp3) is 0.486. The van der Waals surface area contributed by atoms with Crippen LogP contribution in [-0.2, 0) is 15.1 Å². The van der Waals surface area contributed by atoms with E-state index in [4.69, 9.17) is 22.1 Å². The van der Waals surface area contributed by atoms with E-state index in [9.17, 15) is 31.5 Å². The summed E-state index contributed by atoms with van der Waals surface area (Å²) in [7, 11) is 0. The van der Waals surface area contributed by atoms with Gasteiger partial charge in [0.05, 0.1) is 29.0 Å². The summed E-state index contributed by atoms with van der Waals surface area (Å²) in [5, 5.41) is 17.5. The number of carbonyl (C=O) groups is 2. The minimum atomic E-state index is -4.74. The monoisotopic (exact) mass is 794 g/mol. The second-order valence-corrected chi connectivity index (χ2v) is 15.7. The van der Waals surface area contributed by atoms with Crippen molar-refractivity contribution in [3.05, 3.63) is 76.7 Å². The number of ether oxygens (including phenoxy) is 1. The number of carbonyl (C=O) groups excluding carboxylic acids is 2. The van der Waals surface area contributed by atoms with E-state index in [1.165, 1.54) is 41.3 Å². The molecule has 2 aromatic carbocycles. The number of alkyl carbamates (subject to hydrolysis) is 1. The highest BCUT2D eigenvalue weighted by atomic mass is 35.5. The van der Waals surface area contributed by atoms with Crippen LogP contribution >= 0.6 is 11.6 Å². The van der Waals surface area contributed by atoms with E-state index < -0.39 is 71.7 Å². The first-order chi connectivity index (χ1) is 25.8. The average molecular weight is 795 g/mol. The molecule has 1 unspecified atom stereocenters. The van der Waals surface area contributed by atoms with Crippen LogP contribution in [0.3, 0.4) is 0 Å². The maximum atomic E-state index is 16.0. The van der Waals surface area contributed by atoms with Crippen LogP contribution in [0.5, 0.6) is 0 Å².